The minimum Gasteiger partial charge on any atom is -0.449 e. The summed E-state index contributed by atoms with van der Waals surface area (Å²) in [5.41, 5.74) is 1.59. The van der Waals surface area contributed by atoms with Gasteiger partial charge in [-0.1, -0.05) is 6.07 Å². The number of aryl methyl sites for hydroxylation is 1. The average molecular weight is 655 g/mol. The summed E-state index contributed by atoms with van der Waals surface area (Å²) >= 11 is 0. The molecule has 4 amide bonds. The highest BCUT2D eigenvalue weighted by Crippen LogP contribution is 2.33. The molecule has 2 heterocycles. The fraction of sp³-hybridized carbons (Fsp3) is 0.485. The van der Waals surface area contributed by atoms with Crippen molar-refractivity contribution in [2.24, 2.45) is 0 Å². The molecule has 3 aliphatic rings. The van der Waals surface area contributed by atoms with E-state index in [1.165, 1.54) is 21.9 Å². The van der Waals surface area contributed by atoms with Gasteiger partial charge in [0, 0.05) is 37.9 Å². The van der Waals surface area contributed by atoms with Crippen molar-refractivity contribution in [1.82, 2.24) is 10.2 Å². The predicted octanol–water partition coefficient (Wildman–Crippen LogP) is 3.11. The summed E-state index contributed by atoms with van der Waals surface area (Å²) in [6, 6.07) is 8.71. The summed E-state index contributed by atoms with van der Waals surface area (Å²) in [5, 5.41) is 5.59. The Hall–Kier alpha value is -4.56. The van der Waals surface area contributed by atoms with Crippen molar-refractivity contribution in [3.05, 3.63) is 58.9 Å². The molecular weight excluding hydrogens is 615 g/mol. The standard InChI is InChI=1S/C33H39FN4O9/c1-19(39)46-27(29(40)35-21-6-8-23-20(17-21)5-10-26(23)36-32(43)47-33(2,3)4)28-31(42)38(13-16-45-28)22-7-9-25(34)24(18-22)30(41)37-11-14-44-15-12-37/h6-9,17-18,26-28H,5,10-16H2,1-4H3,(H,35,40)(H,36,43). The Morgan fingerprint density at radius 1 is 1.02 bits per heavy atom. The van der Waals surface area contributed by atoms with Gasteiger partial charge in [-0.3, -0.25) is 19.2 Å². The van der Waals surface area contributed by atoms with Gasteiger partial charge in [0.1, 0.15) is 11.4 Å². The summed E-state index contributed by atoms with van der Waals surface area (Å²) in [7, 11) is 0. The lowest BCUT2D eigenvalue weighted by molar-refractivity contribution is -0.167. The van der Waals surface area contributed by atoms with Crippen LogP contribution in [0.1, 0.15) is 61.6 Å². The van der Waals surface area contributed by atoms with Gasteiger partial charge in [0.05, 0.1) is 31.4 Å². The van der Waals surface area contributed by atoms with E-state index in [2.05, 4.69) is 10.6 Å². The molecule has 1 aliphatic carbocycles. The molecule has 3 unspecified atom stereocenters. The highest BCUT2D eigenvalue weighted by atomic mass is 19.1. The van der Waals surface area contributed by atoms with Crippen molar-refractivity contribution in [2.75, 3.05) is 49.7 Å². The van der Waals surface area contributed by atoms with Gasteiger partial charge in [-0.25, -0.2) is 9.18 Å². The van der Waals surface area contributed by atoms with Crippen molar-refractivity contribution < 1.29 is 47.3 Å². The first-order chi connectivity index (χ1) is 22.3. The van der Waals surface area contributed by atoms with Crippen LogP contribution in [0.15, 0.2) is 36.4 Å². The predicted molar refractivity (Wildman–Crippen MR) is 166 cm³/mol. The van der Waals surface area contributed by atoms with Crippen molar-refractivity contribution in [3.63, 3.8) is 0 Å². The summed E-state index contributed by atoms with van der Waals surface area (Å²) in [6.45, 7) is 7.81. The first-order valence-corrected chi connectivity index (χ1v) is 15.5. The molecule has 2 aliphatic heterocycles. The molecule has 0 bridgehead atoms. The number of amides is 4. The van der Waals surface area contributed by atoms with Crippen LogP contribution in [0, 0.1) is 5.82 Å². The third kappa shape index (κ3) is 8.06. The number of nitrogens with one attached hydrogen (secondary N) is 2. The number of anilines is 2. The maximum Gasteiger partial charge on any atom is 0.408 e. The molecule has 252 valence electrons. The molecule has 2 saturated heterocycles. The van der Waals surface area contributed by atoms with E-state index in [1.807, 2.05) is 0 Å². The lowest BCUT2D eigenvalue weighted by atomic mass is 10.1. The number of benzene rings is 2. The van der Waals surface area contributed by atoms with Gasteiger partial charge in [0.25, 0.3) is 17.7 Å². The Morgan fingerprint density at radius 3 is 2.47 bits per heavy atom. The first kappa shape index (κ1) is 33.8. The van der Waals surface area contributed by atoms with Gasteiger partial charge in [0.2, 0.25) is 6.10 Å². The molecule has 5 rings (SSSR count). The van der Waals surface area contributed by atoms with Gasteiger partial charge < -0.3 is 39.4 Å². The number of halogens is 1. The van der Waals surface area contributed by atoms with E-state index in [1.54, 1.807) is 39.0 Å². The number of hydrogen-bond donors (Lipinski definition) is 2. The number of rotatable bonds is 7. The summed E-state index contributed by atoms with van der Waals surface area (Å²) < 4.78 is 36.4. The molecule has 3 atom stereocenters. The summed E-state index contributed by atoms with van der Waals surface area (Å²) in [6.07, 6.45) is -2.39. The Kier molecular flexibility index (Phi) is 10.1. The lowest BCUT2D eigenvalue weighted by Gasteiger charge is -2.35. The Labute approximate surface area is 271 Å². The average Bonchev–Trinajstić information content (AvgIpc) is 3.41. The number of hydrogen-bond acceptors (Lipinski definition) is 9. The van der Waals surface area contributed by atoms with E-state index < -0.39 is 53.4 Å². The van der Waals surface area contributed by atoms with E-state index >= 15 is 0 Å². The fourth-order valence-corrected chi connectivity index (χ4v) is 5.80. The van der Waals surface area contributed by atoms with Crippen molar-refractivity contribution in [1.29, 1.82) is 0 Å². The van der Waals surface area contributed by atoms with Crippen LogP contribution in [0.4, 0.5) is 20.6 Å². The number of ether oxygens (including phenoxy) is 4. The van der Waals surface area contributed by atoms with Gasteiger partial charge in [0.15, 0.2) is 6.10 Å². The molecule has 2 aromatic carbocycles. The highest BCUT2D eigenvalue weighted by molar-refractivity contribution is 6.05. The minimum absolute atomic E-state index is 0.0174. The van der Waals surface area contributed by atoms with Gasteiger partial charge >= 0.3 is 12.1 Å². The third-order valence-corrected chi connectivity index (χ3v) is 7.92. The Balaban J connectivity index is 1.30. The second-order valence-corrected chi connectivity index (χ2v) is 12.5. The number of alkyl carbamates (subject to hydrolysis) is 1. The zero-order valence-corrected chi connectivity index (χ0v) is 26.8. The molecule has 14 heteroatoms. The number of fused-ring (bicyclic) bond motifs is 1. The largest absolute Gasteiger partial charge is 0.449 e. The lowest BCUT2D eigenvalue weighted by Crippen LogP contribution is -2.56. The van der Waals surface area contributed by atoms with E-state index in [0.717, 1.165) is 24.1 Å². The number of carbonyl (C=O) groups excluding carboxylic acids is 5. The number of carbonyl (C=O) groups is 5. The first-order valence-electron chi connectivity index (χ1n) is 15.5. The quantitative estimate of drug-likeness (QED) is 0.429. The molecular formula is C33H39FN4O9. The summed E-state index contributed by atoms with van der Waals surface area (Å²) in [4.78, 5) is 67.4. The van der Waals surface area contributed by atoms with Crippen molar-refractivity contribution >= 4 is 41.2 Å². The molecule has 2 fully saturated rings. The highest BCUT2D eigenvalue weighted by Gasteiger charge is 2.43. The second-order valence-electron chi connectivity index (χ2n) is 12.5. The molecule has 13 nitrogen and oxygen atoms in total. The van der Waals surface area contributed by atoms with Crippen LogP contribution in [0.25, 0.3) is 0 Å². The van der Waals surface area contributed by atoms with E-state index in [4.69, 9.17) is 18.9 Å². The van der Waals surface area contributed by atoms with Crippen LogP contribution in [0.2, 0.25) is 0 Å². The molecule has 2 aromatic rings. The molecule has 0 spiro atoms. The third-order valence-electron chi connectivity index (χ3n) is 7.92. The van der Waals surface area contributed by atoms with Gasteiger partial charge in [-0.05, 0) is 75.1 Å². The zero-order valence-electron chi connectivity index (χ0n) is 26.8. The normalized spacial score (nSPS) is 20.2. The molecule has 0 saturated carbocycles. The second kappa shape index (κ2) is 14.1. The van der Waals surface area contributed by atoms with E-state index in [0.29, 0.717) is 44.8 Å². The van der Waals surface area contributed by atoms with Crippen LogP contribution in [-0.4, -0.2) is 91.9 Å². The van der Waals surface area contributed by atoms with Crippen LogP contribution >= 0.6 is 0 Å². The topological polar surface area (TPSA) is 153 Å². The van der Waals surface area contributed by atoms with Gasteiger partial charge in [-0.2, -0.15) is 0 Å². The number of morpholine rings is 2. The molecule has 47 heavy (non-hydrogen) atoms. The molecule has 0 radical (unpaired) electrons. The maximum absolute atomic E-state index is 14.8. The SMILES string of the molecule is CC(=O)OC(C(=O)Nc1ccc2c(c1)CCC2NC(=O)OC(C)(C)C)C1OCCN(c2ccc(F)c(C(=O)N3CCOCC3)c2)C1=O. The summed E-state index contributed by atoms with van der Waals surface area (Å²) in [5.74, 6) is -3.55. The zero-order chi connectivity index (χ0) is 33.9. The Bertz CT molecular complexity index is 1550. The minimum atomic E-state index is -1.65. The fourth-order valence-electron chi connectivity index (χ4n) is 5.80. The van der Waals surface area contributed by atoms with Crippen LogP contribution in [0.5, 0.6) is 0 Å². The molecule has 0 aromatic heterocycles. The van der Waals surface area contributed by atoms with Crippen molar-refractivity contribution in [3.8, 4) is 0 Å². The maximum atomic E-state index is 14.8. The number of nitrogens with zero attached hydrogens (tertiary/aromatic N) is 2. The van der Waals surface area contributed by atoms with Crippen LogP contribution < -0.4 is 15.5 Å². The van der Waals surface area contributed by atoms with Crippen molar-refractivity contribution in [2.45, 2.75) is 64.4 Å². The van der Waals surface area contributed by atoms with E-state index in [-0.39, 0.29) is 30.4 Å². The Morgan fingerprint density at radius 2 is 1.77 bits per heavy atom. The number of esters is 1. The smallest absolute Gasteiger partial charge is 0.408 e. The molecule has 2 N–H and O–H groups in total. The monoisotopic (exact) mass is 654 g/mol. The van der Waals surface area contributed by atoms with Crippen LogP contribution in [0.3, 0.4) is 0 Å². The van der Waals surface area contributed by atoms with Crippen LogP contribution in [-0.2, 0) is 39.8 Å². The van der Waals surface area contributed by atoms with E-state index in [9.17, 15) is 28.4 Å². The van der Waals surface area contributed by atoms with Gasteiger partial charge in [-0.15, -0.1) is 0 Å².